The molecule has 0 saturated carbocycles. The maximum Gasteiger partial charge on any atom is 0.223 e. The third-order valence-electron chi connectivity index (χ3n) is 2.96. The Morgan fingerprint density at radius 3 is 2.26 bits per heavy atom. The van der Waals surface area contributed by atoms with E-state index in [1.807, 2.05) is 12.1 Å². The lowest BCUT2D eigenvalue weighted by Crippen LogP contribution is -2.27. The maximum absolute atomic E-state index is 11.5. The van der Waals surface area contributed by atoms with Gasteiger partial charge in [-0.05, 0) is 42.9 Å². The topological polar surface area (TPSA) is 77.2 Å². The molecule has 0 heterocycles. The Morgan fingerprint density at radius 2 is 1.89 bits per heavy atom. The summed E-state index contributed by atoms with van der Waals surface area (Å²) in [5.74, 6) is 0.0642. The largest absolute Gasteiger partial charge is 0.298 e. The van der Waals surface area contributed by atoms with E-state index in [-0.39, 0.29) is 0 Å². The summed E-state index contributed by atoms with van der Waals surface area (Å²) < 4.78 is 23.1. The summed E-state index contributed by atoms with van der Waals surface area (Å²) in [4.78, 5) is 11.5. The molecule has 1 unspecified atom stereocenters. The van der Waals surface area contributed by atoms with E-state index in [4.69, 9.17) is 5.14 Å². The summed E-state index contributed by atoms with van der Waals surface area (Å²) in [5.41, 5.74) is 2.39. The number of sulfonamides is 1. The van der Waals surface area contributed by atoms with Gasteiger partial charge in [-0.1, -0.05) is 32.0 Å². The van der Waals surface area contributed by atoms with Gasteiger partial charge in [0.15, 0.2) is 11.0 Å². The Labute approximate surface area is 115 Å². The van der Waals surface area contributed by atoms with E-state index in [0.717, 1.165) is 17.5 Å². The second kappa shape index (κ2) is 5.84. The van der Waals surface area contributed by atoms with Crippen molar-refractivity contribution in [3.05, 3.63) is 34.9 Å². The number of rotatable bonds is 5. The van der Waals surface area contributed by atoms with E-state index in [2.05, 4.69) is 13.8 Å². The molecule has 0 aliphatic carbocycles. The van der Waals surface area contributed by atoms with Crippen LogP contribution in [0.1, 0.15) is 42.7 Å². The van der Waals surface area contributed by atoms with Crippen LogP contribution in [-0.2, 0) is 21.2 Å². The number of primary sulfonamides is 1. The molecule has 0 aliphatic heterocycles. The van der Waals surface area contributed by atoms with Crippen LogP contribution in [0.25, 0.3) is 0 Å². The van der Waals surface area contributed by atoms with Crippen molar-refractivity contribution in [2.45, 2.75) is 39.4 Å². The first-order valence-corrected chi connectivity index (χ1v) is 7.85. The minimum absolute atomic E-state index is 0.456. The summed E-state index contributed by atoms with van der Waals surface area (Å²) in [6.07, 6.45) is 0.918. The van der Waals surface area contributed by atoms with Crippen molar-refractivity contribution < 1.29 is 13.2 Å². The smallest absolute Gasteiger partial charge is 0.223 e. The fraction of sp³-hybridized carbons (Fsp3) is 0.500. The third-order valence-corrected chi connectivity index (χ3v) is 4.20. The molecule has 0 spiro atoms. The van der Waals surface area contributed by atoms with Gasteiger partial charge in [-0.3, -0.25) is 4.79 Å². The number of carbonyl (C=O) groups excluding carboxylic acids is 1. The molecule has 0 bridgehead atoms. The quantitative estimate of drug-likeness (QED) is 0.899. The molecular weight excluding hydrogens is 262 g/mol. The van der Waals surface area contributed by atoms with E-state index in [1.54, 1.807) is 13.0 Å². The van der Waals surface area contributed by atoms with Gasteiger partial charge in [0.2, 0.25) is 10.0 Å². The highest BCUT2D eigenvalue weighted by Crippen LogP contribution is 2.26. The number of hydrogen-bond donors (Lipinski definition) is 1. The number of benzene rings is 1. The van der Waals surface area contributed by atoms with E-state index in [0.29, 0.717) is 11.5 Å². The lowest BCUT2D eigenvalue weighted by molar-refractivity contribution is -0.116. The van der Waals surface area contributed by atoms with E-state index in [1.165, 1.54) is 6.92 Å². The van der Waals surface area contributed by atoms with Gasteiger partial charge in [-0.2, -0.15) is 0 Å². The molecule has 0 fully saturated rings. The van der Waals surface area contributed by atoms with Crippen LogP contribution in [0.15, 0.2) is 18.2 Å². The highest BCUT2D eigenvalue weighted by molar-refractivity contribution is 7.90. The molecule has 1 rings (SSSR count). The molecule has 0 amide bonds. The van der Waals surface area contributed by atoms with Gasteiger partial charge in [0, 0.05) is 0 Å². The standard InChI is InChI=1S/C14H21NO3S/c1-9(2)7-12-5-6-13(10(3)8-12)14(11(4)16)19(15,17)18/h5-6,8-9,14H,7H2,1-4H3,(H2,15,17,18). The van der Waals surface area contributed by atoms with Crippen LogP contribution >= 0.6 is 0 Å². The highest BCUT2D eigenvalue weighted by Gasteiger charge is 2.29. The molecule has 0 aromatic heterocycles. The normalized spacial score (nSPS) is 13.6. The second-order valence-corrected chi connectivity index (χ2v) is 7.02. The Bertz CT molecular complexity index is 576. The Hall–Kier alpha value is -1.20. The predicted octanol–water partition coefficient (Wildman–Crippen LogP) is 2.11. The van der Waals surface area contributed by atoms with Gasteiger partial charge in [0.1, 0.15) is 0 Å². The molecule has 1 atom stereocenters. The second-order valence-electron chi connectivity index (χ2n) is 5.37. The number of Topliss-reactive ketones (excluding diaryl/α,β-unsaturated/α-hetero) is 1. The first kappa shape index (κ1) is 15.9. The van der Waals surface area contributed by atoms with E-state index >= 15 is 0 Å². The minimum atomic E-state index is -3.93. The lowest BCUT2D eigenvalue weighted by Gasteiger charge is -2.16. The van der Waals surface area contributed by atoms with Gasteiger partial charge in [-0.15, -0.1) is 0 Å². The molecule has 19 heavy (non-hydrogen) atoms. The lowest BCUT2D eigenvalue weighted by atomic mass is 9.96. The Kier molecular flexibility index (Phi) is 4.87. The summed E-state index contributed by atoms with van der Waals surface area (Å²) in [7, 11) is -3.93. The first-order chi connectivity index (χ1) is 8.62. The monoisotopic (exact) mass is 283 g/mol. The molecular formula is C14H21NO3S. The average molecular weight is 283 g/mol. The van der Waals surface area contributed by atoms with Crippen LogP contribution < -0.4 is 5.14 Å². The fourth-order valence-electron chi connectivity index (χ4n) is 2.26. The van der Waals surface area contributed by atoms with Crippen molar-refractivity contribution in [1.29, 1.82) is 0 Å². The van der Waals surface area contributed by atoms with Crippen molar-refractivity contribution >= 4 is 15.8 Å². The molecule has 0 radical (unpaired) electrons. The number of ketones is 1. The molecule has 4 nitrogen and oxygen atoms in total. The van der Waals surface area contributed by atoms with Gasteiger partial charge < -0.3 is 0 Å². The van der Waals surface area contributed by atoms with Crippen molar-refractivity contribution in [2.24, 2.45) is 11.1 Å². The minimum Gasteiger partial charge on any atom is -0.298 e. The molecule has 5 heteroatoms. The van der Waals surface area contributed by atoms with Crippen LogP contribution in [0.3, 0.4) is 0 Å². The van der Waals surface area contributed by atoms with Crippen LogP contribution in [0.5, 0.6) is 0 Å². The maximum atomic E-state index is 11.5. The van der Waals surface area contributed by atoms with Gasteiger partial charge in [0.25, 0.3) is 0 Å². The predicted molar refractivity (Wildman–Crippen MR) is 76.3 cm³/mol. The average Bonchev–Trinajstić information content (AvgIpc) is 2.18. The summed E-state index contributed by atoms with van der Waals surface area (Å²) >= 11 is 0. The SMILES string of the molecule is CC(=O)C(c1ccc(CC(C)C)cc1C)S(N)(=O)=O. The zero-order valence-electron chi connectivity index (χ0n) is 11.8. The van der Waals surface area contributed by atoms with Gasteiger partial charge in [0.05, 0.1) is 0 Å². The van der Waals surface area contributed by atoms with Crippen LogP contribution in [0.4, 0.5) is 0 Å². The zero-order valence-corrected chi connectivity index (χ0v) is 12.6. The van der Waals surface area contributed by atoms with Crippen LogP contribution in [-0.4, -0.2) is 14.2 Å². The Morgan fingerprint density at radius 1 is 1.32 bits per heavy atom. The van der Waals surface area contributed by atoms with Gasteiger partial charge in [-0.25, -0.2) is 13.6 Å². The third kappa shape index (κ3) is 4.14. The fourth-order valence-corrected chi connectivity index (χ4v) is 3.34. The van der Waals surface area contributed by atoms with Gasteiger partial charge >= 0.3 is 0 Å². The van der Waals surface area contributed by atoms with E-state index in [9.17, 15) is 13.2 Å². The van der Waals surface area contributed by atoms with Crippen molar-refractivity contribution in [3.8, 4) is 0 Å². The molecule has 2 N–H and O–H groups in total. The molecule has 1 aromatic rings. The summed E-state index contributed by atoms with van der Waals surface area (Å²) in [6, 6.07) is 5.49. The van der Waals surface area contributed by atoms with E-state index < -0.39 is 21.1 Å². The van der Waals surface area contributed by atoms with Crippen LogP contribution in [0.2, 0.25) is 0 Å². The number of aryl methyl sites for hydroxylation is 1. The van der Waals surface area contributed by atoms with Crippen molar-refractivity contribution in [1.82, 2.24) is 0 Å². The zero-order chi connectivity index (χ0) is 14.8. The highest BCUT2D eigenvalue weighted by atomic mass is 32.2. The van der Waals surface area contributed by atoms with Crippen molar-refractivity contribution in [2.75, 3.05) is 0 Å². The first-order valence-electron chi connectivity index (χ1n) is 6.24. The molecule has 1 aromatic carbocycles. The summed E-state index contributed by atoms with van der Waals surface area (Å²) in [5, 5.41) is 3.89. The molecule has 106 valence electrons. The Balaban J connectivity index is 3.24. The number of hydrogen-bond acceptors (Lipinski definition) is 3. The van der Waals surface area contributed by atoms with Crippen molar-refractivity contribution in [3.63, 3.8) is 0 Å². The number of nitrogens with two attached hydrogens (primary N) is 1. The van der Waals surface area contributed by atoms with Crippen LogP contribution in [0, 0.1) is 12.8 Å². The molecule has 0 aliphatic rings. The number of carbonyl (C=O) groups is 1. The molecule has 0 saturated heterocycles. The summed E-state index contributed by atoms with van der Waals surface area (Å²) in [6.45, 7) is 7.29.